The van der Waals surface area contributed by atoms with Crippen molar-refractivity contribution in [2.75, 3.05) is 13.1 Å². The van der Waals surface area contributed by atoms with Crippen LogP contribution in [0.4, 0.5) is 0 Å². The lowest BCUT2D eigenvalue weighted by atomic mass is 10.1. The maximum atomic E-state index is 12.0. The number of aromatic nitrogens is 2. The highest BCUT2D eigenvalue weighted by Gasteiger charge is 2.19. The van der Waals surface area contributed by atoms with Gasteiger partial charge in [-0.2, -0.15) is 0 Å². The summed E-state index contributed by atoms with van der Waals surface area (Å²) in [7, 11) is 0. The number of hydrogen-bond acceptors (Lipinski definition) is 2. The van der Waals surface area contributed by atoms with Gasteiger partial charge in [-0.3, -0.25) is 4.57 Å². The standard InChI is InChI=1S/C13H17N3O.ClH/c1-9-2-3-12-11(8-9)15-13(17)16(12)10-4-6-14-7-5-10;/h2-3,8,10,14H,4-7H2,1H3,(H,15,17);1H. The first-order chi connectivity index (χ1) is 8.25. The Bertz CT molecular complexity index is 596. The molecule has 0 unspecified atom stereocenters. The summed E-state index contributed by atoms with van der Waals surface area (Å²) in [6.45, 7) is 4.03. The molecule has 0 bridgehead atoms. The second kappa shape index (κ2) is 5.16. The van der Waals surface area contributed by atoms with Crippen molar-refractivity contribution in [2.45, 2.75) is 25.8 Å². The van der Waals surface area contributed by atoms with Gasteiger partial charge < -0.3 is 10.3 Å². The smallest absolute Gasteiger partial charge is 0.317 e. The van der Waals surface area contributed by atoms with Gasteiger partial charge in [-0.25, -0.2) is 4.79 Å². The summed E-state index contributed by atoms with van der Waals surface area (Å²) in [6, 6.07) is 6.48. The number of piperidine rings is 1. The summed E-state index contributed by atoms with van der Waals surface area (Å²) >= 11 is 0. The molecular weight excluding hydrogens is 250 g/mol. The van der Waals surface area contributed by atoms with E-state index in [1.54, 1.807) is 0 Å². The molecule has 98 valence electrons. The summed E-state index contributed by atoms with van der Waals surface area (Å²) in [6.07, 6.45) is 2.06. The molecule has 0 radical (unpaired) electrons. The molecule has 3 rings (SSSR count). The van der Waals surface area contributed by atoms with E-state index in [-0.39, 0.29) is 18.1 Å². The highest BCUT2D eigenvalue weighted by atomic mass is 35.5. The van der Waals surface area contributed by atoms with E-state index in [9.17, 15) is 4.79 Å². The van der Waals surface area contributed by atoms with Crippen LogP contribution in [0.5, 0.6) is 0 Å². The Morgan fingerprint density at radius 2 is 2.00 bits per heavy atom. The number of halogens is 1. The number of fused-ring (bicyclic) bond motifs is 1. The van der Waals surface area contributed by atoms with E-state index < -0.39 is 0 Å². The van der Waals surface area contributed by atoms with Gasteiger partial charge >= 0.3 is 5.69 Å². The molecule has 5 heteroatoms. The van der Waals surface area contributed by atoms with Gasteiger partial charge in [-0.1, -0.05) is 6.07 Å². The molecule has 18 heavy (non-hydrogen) atoms. The summed E-state index contributed by atoms with van der Waals surface area (Å²) in [5.74, 6) is 0. The fourth-order valence-electron chi connectivity index (χ4n) is 2.67. The van der Waals surface area contributed by atoms with Crippen LogP contribution in [-0.4, -0.2) is 22.6 Å². The number of benzene rings is 1. The van der Waals surface area contributed by atoms with Crippen LogP contribution in [0.2, 0.25) is 0 Å². The fraction of sp³-hybridized carbons (Fsp3) is 0.462. The van der Waals surface area contributed by atoms with E-state index in [1.165, 1.54) is 5.56 Å². The van der Waals surface area contributed by atoms with Crippen molar-refractivity contribution >= 4 is 23.4 Å². The van der Waals surface area contributed by atoms with Crippen molar-refractivity contribution in [3.8, 4) is 0 Å². The first-order valence-corrected chi connectivity index (χ1v) is 6.17. The largest absolute Gasteiger partial charge is 0.326 e. The van der Waals surface area contributed by atoms with Crippen molar-refractivity contribution < 1.29 is 0 Å². The maximum Gasteiger partial charge on any atom is 0.326 e. The van der Waals surface area contributed by atoms with Crippen LogP contribution in [0.15, 0.2) is 23.0 Å². The molecule has 2 aromatic rings. The molecule has 1 aliphatic heterocycles. The van der Waals surface area contributed by atoms with Crippen molar-refractivity contribution in [3.05, 3.63) is 34.2 Å². The lowest BCUT2D eigenvalue weighted by Crippen LogP contribution is -2.33. The highest BCUT2D eigenvalue weighted by molar-refractivity contribution is 5.85. The minimum absolute atomic E-state index is 0. The molecular formula is C13H18ClN3O. The van der Waals surface area contributed by atoms with Crippen LogP contribution in [0.1, 0.15) is 24.4 Å². The average Bonchev–Trinajstić information content (AvgIpc) is 2.65. The Morgan fingerprint density at radius 1 is 1.28 bits per heavy atom. The van der Waals surface area contributed by atoms with Gasteiger partial charge in [0, 0.05) is 6.04 Å². The van der Waals surface area contributed by atoms with Crippen molar-refractivity contribution in [1.82, 2.24) is 14.9 Å². The van der Waals surface area contributed by atoms with Gasteiger partial charge in [0.1, 0.15) is 0 Å². The van der Waals surface area contributed by atoms with E-state index in [2.05, 4.69) is 16.4 Å². The molecule has 2 heterocycles. The lowest BCUT2D eigenvalue weighted by Gasteiger charge is -2.23. The van der Waals surface area contributed by atoms with Gasteiger partial charge in [-0.15, -0.1) is 12.4 Å². The number of H-pyrrole nitrogens is 1. The van der Waals surface area contributed by atoms with Crippen LogP contribution in [0.3, 0.4) is 0 Å². The summed E-state index contributed by atoms with van der Waals surface area (Å²) in [5.41, 5.74) is 3.19. The second-order valence-electron chi connectivity index (χ2n) is 4.80. The quantitative estimate of drug-likeness (QED) is 0.830. The van der Waals surface area contributed by atoms with Crippen molar-refractivity contribution in [1.29, 1.82) is 0 Å². The third-order valence-corrected chi connectivity index (χ3v) is 3.55. The monoisotopic (exact) mass is 267 g/mol. The molecule has 1 aromatic heterocycles. The van der Waals surface area contributed by atoms with E-state index in [0.29, 0.717) is 6.04 Å². The number of nitrogens with one attached hydrogen (secondary N) is 2. The number of imidazole rings is 1. The molecule has 0 atom stereocenters. The van der Waals surface area contributed by atoms with Gasteiger partial charge in [-0.05, 0) is 50.6 Å². The molecule has 1 saturated heterocycles. The minimum atomic E-state index is 0. The first kappa shape index (κ1) is 13.2. The second-order valence-corrected chi connectivity index (χ2v) is 4.80. The number of hydrogen-bond donors (Lipinski definition) is 2. The molecule has 0 spiro atoms. The summed E-state index contributed by atoms with van der Waals surface area (Å²) in [4.78, 5) is 15.0. The van der Waals surface area contributed by atoms with E-state index in [1.807, 2.05) is 23.6 Å². The number of rotatable bonds is 1. The first-order valence-electron chi connectivity index (χ1n) is 6.17. The van der Waals surface area contributed by atoms with Crippen molar-refractivity contribution in [2.24, 2.45) is 0 Å². The lowest BCUT2D eigenvalue weighted by molar-refractivity contribution is 0.368. The predicted octanol–water partition coefficient (Wildman–Crippen LogP) is 1.98. The third kappa shape index (κ3) is 2.18. The van der Waals surface area contributed by atoms with Gasteiger partial charge in [0.2, 0.25) is 0 Å². The highest BCUT2D eigenvalue weighted by Crippen LogP contribution is 2.22. The zero-order chi connectivity index (χ0) is 11.8. The van der Waals surface area contributed by atoms with Crippen LogP contribution >= 0.6 is 12.4 Å². The Kier molecular flexibility index (Phi) is 3.78. The van der Waals surface area contributed by atoms with Crippen LogP contribution in [-0.2, 0) is 0 Å². The SMILES string of the molecule is Cc1ccc2c(c1)[nH]c(=O)n2C1CCNCC1.Cl. The predicted molar refractivity (Wildman–Crippen MR) is 75.7 cm³/mol. The molecule has 4 nitrogen and oxygen atoms in total. The van der Waals surface area contributed by atoms with Crippen LogP contribution in [0.25, 0.3) is 11.0 Å². The topological polar surface area (TPSA) is 49.8 Å². The van der Waals surface area contributed by atoms with Gasteiger partial charge in [0.15, 0.2) is 0 Å². The fourth-order valence-corrected chi connectivity index (χ4v) is 2.67. The molecule has 1 aromatic carbocycles. The summed E-state index contributed by atoms with van der Waals surface area (Å²) in [5, 5.41) is 3.33. The zero-order valence-corrected chi connectivity index (χ0v) is 11.2. The van der Waals surface area contributed by atoms with E-state index >= 15 is 0 Å². The molecule has 0 aliphatic carbocycles. The van der Waals surface area contributed by atoms with Crippen LogP contribution < -0.4 is 11.0 Å². The number of aromatic amines is 1. The van der Waals surface area contributed by atoms with E-state index in [0.717, 1.165) is 37.0 Å². The average molecular weight is 268 g/mol. The Morgan fingerprint density at radius 3 is 2.72 bits per heavy atom. The third-order valence-electron chi connectivity index (χ3n) is 3.55. The molecule has 2 N–H and O–H groups in total. The van der Waals surface area contributed by atoms with Crippen molar-refractivity contribution in [3.63, 3.8) is 0 Å². The Balaban J connectivity index is 0.00000120. The zero-order valence-electron chi connectivity index (χ0n) is 10.4. The summed E-state index contributed by atoms with van der Waals surface area (Å²) < 4.78 is 1.93. The normalized spacial score (nSPS) is 16.7. The minimum Gasteiger partial charge on any atom is -0.317 e. The number of aryl methyl sites for hydroxylation is 1. The maximum absolute atomic E-state index is 12.0. The van der Waals surface area contributed by atoms with Gasteiger partial charge in [0.05, 0.1) is 11.0 Å². The van der Waals surface area contributed by atoms with Crippen LogP contribution in [0, 0.1) is 6.92 Å². The molecule has 1 fully saturated rings. The molecule has 1 aliphatic rings. The van der Waals surface area contributed by atoms with Gasteiger partial charge in [0.25, 0.3) is 0 Å². The molecule has 0 amide bonds. The number of nitrogens with zero attached hydrogens (tertiary/aromatic N) is 1. The van der Waals surface area contributed by atoms with E-state index in [4.69, 9.17) is 0 Å². The Labute approximate surface area is 112 Å². The molecule has 0 saturated carbocycles. The Hall–Kier alpha value is -1.26.